The summed E-state index contributed by atoms with van der Waals surface area (Å²) in [4.78, 5) is 24.5. The van der Waals surface area contributed by atoms with Crippen LogP contribution in [0.25, 0.3) is 0 Å². The highest BCUT2D eigenvalue weighted by Gasteiger charge is 2.33. The third-order valence-corrected chi connectivity index (χ3v) is 4.11. The zero-order chi connectivity index (χ0) is 15.6. The normalized spacial score (nSPS) is 13.9. The molecule has 2 rings (SSSR count). The first kappa shape index (κ1) is 16.4. The molecular formula is C13H13BrCl2N2O3. The van der Waals surface area contributed by atoms with Gasteiger partial charge in [0.05, 0.1) is 22.2 Å². The average molecular weight is 396 g/mol. The second kappa shape index (κ2) is 6.85. The van der Waals surface area contributed by atoms with Gasteiger partial charge in [0.2, 0.25) is 0 Å². The molecule has 0 atom stereocenters. The monoisotopic (exact) mass is 394 g/mol. The van der Waals surface area contributed by atoms with Crippen LogP contribution in [0, 0.1) is 0 Å². The van der Waals surface area contributed by atoms with Crippen LogP contribution < -0.4 is 5.32 Å². The van der Waals surface area contributed by atoms with E-state index in [1.807, 2.05) is 0 Å². The molecule has 2 amide bonds. The summed E-state index contributed by atoms with van der Waals surface area (Å²) in [6.45, 7) is 0.164. The maximum absolute atomic E-state index is 12.3. The van der Waals surface area contributed by atoms with Crippen LogP contribution in [0.5, 0.6) is 0 Å². The number of nitrogens with zero attached hydrogens (tertiary/aromatic N) is 1. The van der Waals surface area contributed by atoms with E-state index >= 15 is 0 Å². The number of anilines is 1. The Morgan fingerprint density at radius 2 is 1.90 bits per heavy atom. The molecule has 0 saturated heterocycles. The molecule has 1 aromatic rings. The fourth-order valence-corrected chi connectivity index (χ4v) is 3.20. The van der Waals surface area contributed by atoms with Gasteiger partial charge in [-0.2, -0.15) is 0 Å². The van der Waals surface area contributed by atoms with Crippen LogP contribution in [0.15, 0.2) is 16.6 Å². The minimum atomic E-state index is -0.937. The molecule has 0 unspecified atom stereocenters. The average Bonchev–Trinajstić information content (AvgIpc) is 3.18. The highest BCUT2D eigenvalue weighted by molar-refractivity contribution is 9.10. The summed E-state index contributed by atoms with van der Waals surface area (Å²) in [5, 5.41) is 12.0. The molecule has 0 heterocycles. The van der Waals surface area contributed by atoms with Crippen LogP contribution in [0.3, 0.4) is 0 Å². The minimum Gasteiger partial charge on any atom is -0.481 e. The van der Waals surface area contributed by atoms with Crippen molar-refractivity contribution >= 4 is 56.8 Å². The Morgan fingerprint density at radius 1 is 1.33 bits per heavy atom. The van der Waals surface area contributed by atoms with Crippen LogP contribution in [0.4, 0.5) is 10.5 Å². The van der Waals surface area contributed by atoms with Gasteiger partial charge < -0.3 is 15.3 Å². The van der Waals surface area contributed by atoms with E-state index in [2.05, 4.69) is 21.2 Å². The second-order valence-corrected chi connectivity index (χ2v) is 6.47. The second-order valence-electron chi connectivity index (χ2n) is 4.74. The summed E-state index contributed by atoms with van der Waals surface area (Å²) in [7, 11) is 0. The molecule has 1 aromatic carbocycles. The molecule has 1 aliphatic carbocycles. The lowest BCUT2D eigenvalue weighted by Crippen LogP contribution is -2.38. The summed E-state index contributed by atoms with van der Waals surface area (Å²) in [5.41, 5.74) is 0.326. The van der Waals surface area contributed by atoms with Crippen molar-refractivity contribution in [1.29, 1.82) is 0 Å². The highest BCUT2D eigenvalue weighted by atomic mass is 79.9. The number of hydrogen-bond donors (Lipinski definition) is 2. The standard InChI is InChI=1S/C13H13BrCl2N2O3/c14-7-5-9(15)12(10(16)6-7)17-13(21)18(8-1-2-8)4-3-11(19)20/h5-6,8H,1-4H2,(H,17,21)(H,19,20). The molecule has 5 nitrogen and oxygen atoms in total. The zero-order valence-corrected chi connectivity index (χ0v) is 14.0. The van der Waals surface area contributed by atoms with Crippen LogP contribution in [0.2, 0.25) is 10.0 Å². The summed E-state index contributed by atoms with van der Waals surface area (Å²) >= 11 is 15.4. The summed E-state index contributed by atoms with van der Waals surface area (Å²) in [6.07, 6.45) is 1.68. The van der Waals surface area contributed by atoms with Crippen LogP contribution in [-0.4, -0.2) is 34.6 Å². The number of hydrogen-bond acceptors (Lipinski definition) is 2. The van der Waals surface area contributed by atoms with E-state index in [4.69, 9.17) is 28.3 Å². The fraction of sp³-hybridized carbons (Fsp3) is 0.385. The number of rotatable bonds is 5. The number of benzene rings is 1. The smallest absolute Gasteiger partial charge is 0.322 e. The lowest BCUT2D eigenvalue weighted by atomic mass is 10.3. The SMILES string of the molecule is O=C(O)CCN(C(=O)Nc1c(Cl)cc(Br)cc1Cl)C1CC1. The van der Waals surface area contributed by atoms with Gasteiger partial charge in [0.15, 0.2) is 0 Å². The van der Waals surface area contributed by atoms with Gasteiger partial charge in [0.25, 0.3) is 0 Å². The zero-order valence-electron chi connectivity index (χ0n) is 10.9. The Morgan fingerprint density at radius 3 is 2.38 bits per heavy atom. The third kappa shape index (κ3) is 4.49. The number of urea groups is 1. The number of aliphatic carboxylic acids is 1. The lowest BCUT2D eigenvalue weighted by molar-refractivity contribution is -0.137. The van der Waals surface area contributed by atoms with E-state index in [1.54, 1.807) is 12.1 Å². The molecule has 1 saturated carbocycles. The van der Waals surface area contributed by atoms with Crippen LogP contribution in [-0.2, 0) is 4.79 Å². The van der Waals surface area contributed by atoms with Gasteiger partial charge in [0, 0.05) is 17.1 Å². The molecule has 2 N–H and O–H groups in total. The van der Waals surface area contributed by atoms with Gasteiger partial charge in [-0.05, 0) is 25.0 Å². The molecule has 1 fully saturated rings. The van der Waals surface area contributed by atoms with Crippen molar-refractivity contribution in [2.24, 2.45) is 0 Å². The first-order chi connectivity index (χ1) is 9.88. The van der Waals surface area contributed by atoms with E-state index in [0.717, 1.165) is 12.8 Å². The van der Waals surface area contributed by atoms with E-state index in [9.17, 15) is 9.59 Å². The number of carbonyl (C=O) groups is 2. The van der Waals surface area contributed by atoms with Crippen molar-refractivity contribution < 1.29 is 14.7 Å². The van der Waals surface area contributed by atoms with Crippen molar-refractivity contribution in [3.8, 4) is 0 Å². The van der Waals surface area contributed by atoms with Crippen LogP contribution >= 0.6 is 39.1 Å². The Balaban J connectivity index is 2.10. The number of carbonyl (C=O) groups excluding carboxylic acids is 1. The molecule has 0 aliphatic heterocycles. The fourth-order valence-electron chi connectivity index (χ4n) is 1.89. The molecule has 0 radical (unpaired) electrons. The predicted molar refractivity (Wildman–Crippen MR) is 85.2 cm³/mol. The largest absolute Gasteiger partial charge is 0.481 e. The van der Waals surface area contributed by atoms with Gasteiger partial charge in [-0.3, -0.25) is 4.79 Å². The molecular weight excluding hydrogens is 383 g/mol. The van der Waals surface area contributed by atoms with E-state index in [1.165, 1.54) is 4.90 Å². The molecule has 21 heavy (non-hydrogen) atoms. The summed E-state index contributed by atoms with van der Waals surface area (Å²) in [5.74, 6) is -0.937. The third-order valence-electron chi connectivity index (χ3n) is 3.05. The predicted octanol–water partition coefficient (Wildman–Crippen LogP) is 4.23. The van der Waals surface area contributed by atoms with E-state index in [-0.39, 0.29) is 25.0 Å². The maximum atomic E-state index is 12.3. The number of nitrogens with one attached hydrogen (secondary N) is 1. The quantitative estimate of drug-likeness (QED) is 0.783. The van der Waals surface area contributed by atoms with Crippen molar-refractivity contribution in [1.82, 2.24) is 4.90 Å². The van der Waals surface area contributed by atoms with Crippen molar-refractivity contribution in [3.63, 3.8) is 0 Å². The van der Waals surface area contributed by atoms with Gasteiger partial charge >= 0.3 is 12.0 Å². The van der Waals surface area contributed by atoms with Crippen LogP contribution in [0.1, 0.15) is 19.3 Å². The maximum Gasteiger partial charge on any atom is 0.322 e. The number of halogens is 3. The first-order valence-corrected chi connectivity index (χ1v) is 7.87. The molecule has 1 aliphatic rings. The Kier molecular flexibility index (Phi) is 5.35. The Bertz CT molecular complexity index is 556. The molecule has 8 heteroatoms. The number of carboxylic acid groups (broad SMARTS) is 1. The van der Waals surface area contributed by atoms with Gasteiger partial charge in [-0.1, -0.05) is 39.1 Å². The lowest BCUT2D eigenvalue weighted by Gasteiger charge is -2.22. The van der Waals surface area contributed by atoms with E-state index in [0.29, 0.717) is 20.2 Å². The number of carboxylic acids is 1. The topological polar surface area (TPSA) is 69.6 Å². The highest BCUT2D eigenvalue weighted by Crippen LogP contribution is 2.35. The minimum absolute atomic E-state index is 0.0915. The van der Waals surface area contributed by atoms with Crippen molar-refractivity contribution in [2.75, 3.05) is 11.9 Å². The summed E-state index contributed by atoms with van der Waals surface area (Å²) < 4.78 is 0.709. The molecule has 0 aromatic heterocycles. The summed E-state index contributed by atoms with van der Waals surface area (Å²) in [6, 6.07) is 2.96. The molecule has 0 bridgehead atoms. The Labute approximate surface area is 140 Å². The number of amides is 2. The van der Waals surface area contributed by atoms with Crippen molar-refractivity contribution in [3.05, 3.63) is 26.7 Å². The van der Waals surface area contributed by atoms with Gasteiger partial charge in [-0.15, -0.1) is 0 Å². The molecule has 114 valence electrons. The van der Waals surface area contributed by atoms with E-state index < -0.39 is 5.97 Å². The molecule has 0 spiro atoms. The Hall–Kier alpha value is -0.980. The van der Waals surface area contributed by atoms with Gasteiger partial charge in [-0.25, -0.2) is 4.79 Å². The van der Waals surface area contributed by atoms with Crippen molar-refractivity contribution in [2.45, 2.75) is 25.3 Å². The first-order valence-electron chi connectivity index (χ1n) is 6.32. The van der Waals surface area contributed by atoms with Gasteiger partial charge in [0.1, 0.15) is 0 Å².